The average molecular weight is 282 g/mol. The van der Waals surface area contributed by atoms with E-state index in [9.17, 15) is 0 Å². The molecule has 2 aromatic rings. The van der Waals surface area contributed by atoms with E-state index in [1.54, 1.807) is 0 Å². The summed E-state index contributed by atoms with van der Waals surface area (Å²) in [5, 5.41) is 3.12. The van der Waals surface area contributed by atoms with Crippen LogP contribution in [0.5, 0.6) is 0 Å². The van der Waals surface area contributed by atoms with Crippen LogP contribution in [0.15, 0.2) is 30.3 Å². The zero-order valence-corrected chi connectivity index (χ0v) is 12.4. The molecular weight excluding hydrogens is 262 g/mol. The van der Waals surface area contributed by atoms with E-state index in [0.29, 0.717) is 11.9 Å². The van der Waals surface area contributed by atoms with Gasteiger partial charge < -0.3 is 0 Å². The third-order valence-electron chi connectivity index (χ3n) is 3.69. The van der Waals surface area contributed by atoms with Crippen molar-refractivity contribution in [2.75, 3.05) is 11.9 Å². The molecular formula is C16H20N5+. The zero-order valence-electron chi connectivity index (χ0n) is 12.4. The Morgan fingerprint density at radius 3 is 2.52 bits per heavy atom. The molecule has 0 spiro atoms. The maximum Gasteiger partial charge on any atom is 0.351 e. The first-order chi connectivity index (χ1) is 10.1. The van der Waals surface area contributed by atoms with Gasteiger partial charge in [-0.3, -0.25) is 10.3 Å². The monoisotopic (exact) mass is 282 g/mol. The molecule has 2 heterocycles. The van der Waals surface area contributed by atoms with Gasteiger partial charge in [0.1, 0.15) is 0 Å². The van der Waals surface area contributed by atoms with E-state index in [1.807, 2.05) is 19.9 Å². The number of aromatic nitrogens is 2. The quantitative estimate of drug-likeness (QED) is 0.616. The van der Waals surface area contributed by atoms with Crippen molar-refractivity contribution in [2.24, 2.45) is 5.73 Å². The fourth-order valence-electron chi connectivity index (χ4n) is 2.68. The number of aryl methyl sites for hydroxylation is 2. The fourth-order valence-corrected chi connectivity index (χ4v) is 2.68. The lowest BCUT2D eigenvalue weighted by atomic mass is 10.0. The van der Waals surface area contributed by atoms with Crippen LogP contribution in [0.3, 0.4) is 0 Å². The molecule has 3 N–H and O–H groups in total. The summed E-state index contributed by atoms with van der Waals surface area (Å²) in [5.41, 5.74) is 10.8. The van der Waals surface area contributed by atoms with Crippen molar-refractivity contribution in [2.45, 2.75) is 26.8 Å². The van der Waals surface area contributed by atoms with Crippen molar-refractivity contribution in [1.29, 1.82) is 0 Å². The van der Waals surface area contributed by atoms with Crippen molar-refractivity contribution in [3.05, 3.63) is 52.8 Å². The van der Waals surface area contributed by atoms with Gasteiger partial charge in [-0.2, -0.15) is 0 Å². The van der Waals surface area contributed by atoms with Gasteiger partial charge in [0.05, 0.1) is 13.1 Å². The topological polar surface area (TPSA) is 66.8 Å². The Morgan fingerprint density at radius 1 is 1.14 bits per heavy atom. The largest absolute Gasteiger partial charge is 0.351 e. The Hall–Kier alpha value is -2.43. The first kappa shape index (κ1) is 13.5. The summed E-state index contributed by atoms with van der Waals surface area (Å²) < 4.78 is 2.13. The number of nitrogens with zero attached hydrogens (tertiary/aromatic N) is 3. The second kappa shape index (κ2) is 5.52. The summed E-state index contributed by atoms with van der Waals surface area (Å²) in [6.45, 7) is 5.63. The first-order valence-corrected chi connectivity index (χ1v) is 7.15. The molecule has 0 bridgehead atoms. The third-order valence-corrected chi connectivity index (χ3v) is 3.69. The normalized spacial score (nSPS) is 16.3. The lowest BCUT2D eigenvalue weighted by Gasteiger charge is -2.19. The molecule has 1 aliphatic rings. The Morgan fingerprint density at radius 2 is 1.81 bits per heavy atom. The minimum absolute atomic E-state index is 0.559. The van der Waals surface area contributed by atoms with Gasteiger partial charge in [-0.1, -0.05) is 24.3 Å². The smallest absolute Gasteiger partial charge is 0.290 e. The molecule has 0 saturated heterocycles. The standard InChI is InChI=1S/C16H19N5/c1-11-9-12(2)19-16(18-11)20-15(17)21-8-7-13-5-3-4-6-14(13)10-21/h3-6,9H,7-8,10H2,1-2H3,(H2,17,18,19,20)/p+1. The molecule has 0 atom stereocenters. The van der Waals surface area contributed by atoms with Crippen molar-refractivity contribution < 1.29 is 4.58 Å². The lowest BCUT2D eigenvalue weighted by Crippen LogP contribution is -2.38. The number of benzene rings is 1. The molecule has 0 amide bonds. The van der Waals surface area contributed by atoms with E-state index in [0.717, 1.165) is 30.9 Å². The predicted molar refractivity (Wildman–Crippen MR) is 83.3 cm³/mol. The van der Waals surface area contributed by atoms with Crippen LogP contribution in [0.2, 0.25) is 0 Å². The Labute approximate surface area is 124 Å². The van der Waals surface area contributed by atoms with Gasteiger partial charge in [0.15, 0.2) is 0 Å². The molecule has 0 unspecified atom stereocenters. The number of nitrogens with two attached hydrogens (primary N) is 1. The molecule has 3 rings (SSSR count). The highest BCUT2D eigenvalue weighted by atomic mass is 15.2. The second-order valence-corrected chi connectivity index (χ2v) is 5.42. The molecule has 5 nitrogen and oxygen atoms in total. The number of rotatable bonds is 1. The summed E-state index contributed by atoms with van der Waals surface area (Å²) >= 11 is 0. The number of guanidine groups is 1. The predicted octanol–water partition coefficient (Wildman–Crippen LogP) is 1.59. The van der Waals surface area contributed by atoms with Crippen LogP contribution in [0.1, 0.15) is 22.5 Å². The minimum atomic E-state index is 0.559. The van der Waals surface area contributed by atoms with Crippen molar-refractivity contribution in [3.63, 3.8) is 0 Å². The number of fused-ring (bicyclic) bond motifs is 1. The SMILES string of the molecule is Cc1cc(C)nc(NC(N)=[N+]2CCc3ccccc3C2)n1. The molecule has 1 aromatic heterocycles. The van der Waals surface area contributed by atoms with Gasteiger partial charge in [-0.05, 0) is 31.0 Å². The van der Waals surface area contributed by atoms with E-state index in [2.05, 4.69) is 44.1 Å². The van der Waals surface area contributed by atoms with Crippen LogP contribution >= 0.6 is 0 Å². The fraction of sp³-hybridized carbons (Fsp3) is 0.312. The minimum Gasteiger partial charge on any atom is -0.290 e. The van der Waals surface area contributed by atoms with E-state index < -0.39 is 0 Å². The molecule has 21 heavy (non-hydrogen) atoms. The van der Waals surface area contributed by atoms with E-state index >= 15 is 0 Å². The molecule has 5 heteroatoms. The van der Waals surface area contributed by atoms with Crippen LogP contribution in [0.25, 0.3) is 0 Å². The van der Waals surface area contributed by atoms with Gasteiger partial charge in [0, 0.05) is 17.8 Å². The maximum atomic E-state index is 6.19. The van der Waals surface area contributed by atoms with Crippen molar-refractivity contribution >= 4 is 11.9 Å². The maximum absolute atomic E-state index is 6.19. The first-order valence-electron chi connectivity index (χ1n) is 7.15. The van der Waals surface area contributed by atoms with Crippen LogP contribution in [0, 0.1) is 13.8 Å². The number of hydrogen-bond donors (Lipinski definition) is 2. The molecule has 0 radical (unpaired) electrons. The van der Waals surface area contributed by atoms with Gasteiger partial charge in [-0.25, -0.2) is 15.3 Å². The van der Waals surface area contributed by atoms with Crippen LogP contribution in [-0.4, -0.2) is 27.0 Å². The highest BCUT2D eigenvalue weighted by Crippen LogP contribution is 2.15. The number of nitrogens with one attached hydrogen (secondary N) is 1. The summed E-state index contributed by atoms with van der Waals surface area (Å²) in [5.74, 6) is 1.17. The molecule has 0 fully saturated rings. The zero-order chi connectivity index (χ0) is 14.8. The van der Waals surface area contributed by atoms with Gasteiger partial charge in [0.25, 0.3) is 5.95 Å². The molecule has 108 valence electrons. The number of hydrogen-bond acceptors (Lipinski definition) is 2. The highest BCUT2D eigenvalue weighted by molar-refractivity contribution is 5.86. The van der Waals surface area contributed by atoms with Crippen molar-refractivity contribution in [3.8, 4) is 0 Å². The number of anilines is 1. The molecule has 0 saturated carbocycles. The second-order valence-electron chi connectivity index (χ2n) is 5.42. The summed E-state index contributed by atoms with van der Waals surface area (Å²) in [7, 11) is 0. The van der Waals surface area contributed by atoms with E-state index in [1.165, 1.54) is 11.1 Å². The Balaban J connectivity index is 1.83. The third kappa shape index (κ3) is 3.02. The summed E-state index contributed by atoms with van der Waals surface area (Å²) in [6.07, 6.45) is 1.01. The Bertz CT molecular complexity index is 685. The van der Waals surface area contributed by atoms with E-state index in [-0.39, 0.29) is 0 Å². The molecule has 0 aliphatic carbocycles. The lowest BCUT2D eigenvalue weighted by molar-refractivity contribution is -0.548. The van der Waals surface area contributed by atoms with Gasteiger partial charge in [0.2, 0.25) is 0 Å². The van der Waals surface area contributed by atoms with Gasteiger partial charge >= 0.3 is 5.96 Å². The molecule has 1 aliphatic heterocycles. The van der Waals surface area contributed by atoms with Crippen LogP contribution in [-0.2, 0) is 13.0 Å². The van der Waals surface area contributed by atoms with Crippen LogP contribution < -0.4 is 11.1 Å². The van der Waals surface area contributed by atoms with Gasteiger partial charge in [-0.15, -0.1) is 0 Å². The highest BCUT2D eigenvalue weighted by Gasteiger charge is 2.18. The summed E-state index contributed by atoms with van der Waals surface area (Å²) in [4.78, 5) is 8.73. The van der Waals surface area contributed by atoms with Crippen molar-refractivity contribution in [1.82, 2.24) is 9.97 Å². The summed E-state index contributed by atoms with van der Waals surface area (Å²) in [6, 6.07) is 10.4. The van der Waals surface area contributed by atoms with E-state index in [4.69, 9.17) is 5.73 Å². The average Bonchev–Trinajstić information content (AvgIpc) is 2.45. The molecule has 1 aromatic carbocycles. The Kier molecular flexibility index (Phi) is 3.56. The van der Waals surface area contributed by atoms with Crippen LogP contribution in [0.4, 0.5) is 5.95 Å².